The molecule has 0 saturated heterocycles. The Morgan fingerprint density at radius 2 is 1.92 bits per heavy atom. The zero-order valence-electron chi connectivity index (χ0n) is 14.5. The number of aromatic nitrogens is 2. The number of anilines is 2. The SMILES string of the molecule is CNc1nc(C)c(-c2ccc(OC)c(OCCCOC)c2)c(N)n1. The lowest BCUT2D eigenvalue weighted by atomic mass is 10.0. The molecule has 0 aliphatic rings. The number of hydrogen-bond acceptors (Lipinski definition) is 7. The van der Waals surface area contributed by atoms with E-state index in [1.54, 1.807) is 21.3 Å². The number of nitrogen functional groups attached to an aromatic ring is 1. The lowest BCUT2D eigenvalue weighted by molar-refractivity contribution is 0.170. The average Bonchev–Trinajstić information content (AvgIpc) is 2.58. The summed E-state index contributed by atoms with van der Waals surface area (Å²) in [5.41, 5.74) is 8.58. The van der Waals surface area contributed by atoms with Crippen molar-refractivity contribution < 1.29 is 14.2 Å². The van der Waals surface area contributed by atoms with Crippen molar-refractivity contribution in [1.29, 1.82) is 0 Å². The minimum Gasteiger partial charge on any atom is -0.493 e. The monoisotopic (exact) mass is 332 g/mol. The van der Waals surface area contributed by atoms with Crippen LogP contribution in [0.1, 0.15) is 12.1 Å². The summed E-state index contributed by atoms with van der Waals surface area (Å²) in [6, 6.07) is 5.67. The van der Waals surface area contributed by atoms with Crippen molar-refractivity contribution in [3.63, 3.8) is 0 Å². The maximum absolute atomic E-state index is 6.11. The molecule has 0 spiro atoms. The van der Waals surface area contributed by atoms with Crippen molar-refractivity contribution >= 4 is 11.8 Å². The van der Waals surface area contributed by atoms with Crippen LogP contribution >= 0.6 is 0 Å². The van der Waals surface area contributed by atoms with Gasteiger partial charge in [0.1, 0.15) is 5.82 Å². The third kappa shape index (κ3) is 4.05. The molecule has 1 aromatic heterocycles. The summed E-state index contributed by atoms with van der Waals surface area (Å²) in [6.07, 6.45) is 0.797. The van der Waals surface area contributed by atoms with Crippen LogP contribution in [0.3, 0.4) is 0 Å². The molecular weight excluding hydrogens is 308 g/mol. The molecule has 0 aliphatic heterocycles. The lowest BCUT2D eigenvalue weighted by Gasteiger charge is -2.14. The quantitative estimate of drug-likeness (QED) is 0.718. The van der Waals surface area contributed by atoms with Crippen LogP contribution < -0.4 is 20.5 Å². The number of nitrogens with zero attached hydrogens (tertiary/aromatic N) is 2. The third-order valence-corrected chi connectivity index (χ3v) is 3.54. The molecule has 2 aromatic rings. The molecule has 7 heteroatoms. The Kier molecular flexibility index (Phi) is 6.20. The summed E-state index contributed by atoms with van der Waals surface area (Å²) in [5.74, 6) is 2.24. The Morgan fingerprint density at radius 1 is 1.12 bits per heavy atom. The number of benzene rings is 1. The van der Waals surface area contributed by atoms with E-state index in [4.69, 9.17) is 19.9 Å². The number of rotatable bonds is 8. The summed E-state index contributed by atoms with van der Waals surface area (Å²) in [5, 5.41) is 2.90. The number of hydrogen-bond donors (Lipinski definition) is 2. The fraction of sp³-hybridized carbons (Fsp3) is 0.412. The van der Waals surface area contributed by atoms with Crippen LogP contribution in [0.2, 0.25) is 0 Å². The molecule has 0 unspecified atom stereocenters. The van der Waals surface area contributed by atoms with E-state index in [-0.39, 0.29) is 0 Å². The van der Waals surface area contributed by atoms with Crippen molar-refractivity contribution in [2.24, 2.45) is 0 Å². The van der Waals surface area contributed by atoms with Gasteiger partial charge in [-0.3, -0.25) is 0 Å². The first-order valence-electron chi connectivity index (χ1n) is 7.72. The van der Waals surface area contributed by atoms with Crippen molar-refractivity contribution in [1.82, 2.24) is 9.97 Å². The predicted octanol–water partition coefficient (Wildman–Crippen LogP) is 2.50. The van der Waals surface area contributed by atoms with Crippen LogP contribution in [0.25, 0.3) is 11.1 Å². The highest BCUT2D eigenvalue weighted by Gasteiger charge is 2.14. The minimum atomic E-state index is 0.419. The Labute approximate surface area is 142 Å². The molecular formula is C17H24N4O3. The Hall–Kier alpha value is -2.54. The first-order valence-corrected chi connectivity index (χ1v) is 7.72. The topological polar surface area (TPSA) is 91.5 Å². The van der Waals surface area contributed by atoms with Crippen LogP contribution in [0.4, 0.5) is 11.8 Å². The number of nitrogens with two attached hydrogens (primary N) is 1. The molecule has 0 saturated carbocycles. The van der Waals surface area contributed by atoms with Gasteiger partial charge in [-0.25, -0.2) is 4.98 Å². The second kappa shape index (κ2) is 8.35. The first-order chi connectivity index (χ1) is 11.6. The first kappa shape index (κ1) is 17.8. The molecule has 1 heterocycles. The van der Waals surface area contributed by atoms with Gasteiger partial charge in [0.2, 0.25) is 5.95 Å². The Balaban J connectivity index is 2.34. The Bertz CT molecular complexity index is 669. The molecule has 0 atom stereocenters. The van der Waals surface area contributed by atoms with E-state index in [2.05, 4.69) is 15.3 Å². The predicted molar refractivity (Wildman–Crippen MR) is 94.7 cm³/mol. The Morgan fingerprint density at radius 3 is 2.54 bits per heavy atom. The van der Waals surface area contributed by atoms with Gasteiger partial charge in [0.25, 0.3) is 0 Å². The summed E-state index contributed by atoms with van der Waals surface area (Å²) >= 11 is 0. The van der Waals surface area contributed by atoms with Crippen LogP contribution in [0.5, 0.6) is 11.5 Å². The molecule has 24 heavy (non-hydrogen) atoms. The summed E-state index contributed by atoms with van der Waals surface area (Å²) < 4.78 is 16.2. The number of ether oxygens (including phenoxy) is 3. The molecule has 7 nitrogen and oxygen atoms in total. The van der Waals surface area contributed by atoms with Gasteiger partial charge in [0.15, 0.2) is 11.5 Å². The van der Waals surface area contributed by atoms with E-state index >= 15 is 0 Å². The van der Waals surface area contributed by atoms with Crippen LogP contribution in [-0.4, -0.2) is 44.4 Å². The second-order valence-corrected chi connectivity index (χ2v) is 5.20. The van der Waals surface area contributed by atoms with Gasteiger partial charge >= 0.3 is 0 Å². The largest absolute Gasteiger partial charge is 0.493 e. The molecule has 0 bridgehead atoms. The highest BCUT2D eigenvalue weighted by atomic mass is 16.5. The summed E-state index contributed by atoms with van der Waals surface area (Å²) in [4.78, 5) is 8.65. The molecule has 0 amide bonds. The third-order valence-electron chi connectivity index (χ3n) is 3.54. The summed E-state index contributed by atoms with van der Waals surface area (Å²) in [7, 11) is 5.04. The van der Waals surface area contributed by atoms with Gasteiger partial charge in [0, 0.05) is 32.7 Å². The highest BCUT2D eigenvalue weighted by Crippen LogP contribution is 2.35. The van der Waals surface area contributed by atoms with Gasteiger partial charge in [-0.2, -0.15) is 4.98 Å². The molecule has 0 aliphatic carbocycles. The number of methoxy groups -OCH3 is 2. The van der Waals surface area contributed by atoms with E-state index in [0.29, 0.717) is 36.5 Å². The van der Waals surface area contributed by atoms with Crippen molar-refractivity contribution in [2.75, 3.05) is 45.5 Å². The van der Waals surface area contributed by atoms with Gasteiger partial charge in [0.05, 0.1) is 19.4 Å². The lowest BCUT2D eigenvalue weighted by Crippen LogP contribution is -2.05. The molecule has 0 radical (unpaired) electrons. The van der Waals surface area contributed by atoms with Crippen LogP contribution in [0.15, 0.2) is 18.2 Å². The van der Waals surface area contributed by atoms with Gasteiger partial charge in [-0.05, 0) is 24.6 Å². The molecule has 1 aromatic carbocycles. The zero-order chi connectivity index (χ0) is 17.5. The van der Waals surface area contributed by atoms with E-state index in [1.807, 2.05) is 25.1 Å². The highest BCUT2D eigenvalue weighted by molar-refractivity contribution is 5.78. The maximum Gasteiger partial charge on any atom is 0.224 e. The standard InChI is InChI=1S/C17H24N4O3/c1-11-15(16(18)21-17(19-2)20-11)12-6-7-13(23-4)14(10-12)24-9-5-8-22-3/h6-7,10H,5,8-9H2,1-4H3,(H3,18,19,20,21). The molecule has 0 fully saturated rings. The molecule has 2 rings (SSSR count). The smallest absolute Gasteiger partial charge is 0.224 e. The number of nitrogens with one attached hydrogen (secondary N) is 1. The van der Waals surface area contributed by atoms with Gasteiger partial charge in [-0.15, -0.1) is 0 Å². The number of aryl methyl sites for hydroxylation is 1. The van der Waals surface area contributed by atoms with Gasteiger partial charge in [-0.1, -0.05) is 6.07 Å². The molecule has 3 N–H and O–H groups in total. The van der Waals surface area contributed by atoms with Crippen molar-refractivity contribution in [2.45, 2.75) is 13.3 Å². The average molecular weight is 332 g/mol. The van der Waals surface area contributed by atoms with E-state index in [1.165, 1.54) is 0 Å². The maximum atomic E-state index is 6.11. The molecule has 130 valence electrons. The van der Waals surface area contributed by atoms with E-state index in [9.17, 15) is 0 Å². The summed E-state index contributed by atoms with van der Waals surface area (Å²) in [6.45, 7) is 3.09. The van der Waals surface area contributed by atoms with Crippen LogP contribution in [-0.2, 0) is 4.74 Å². The fourth-order valence-electron chi connectivity index (χ4n) is 2.39. The van der Waals surface area contributed by atoms with Gasteiger partial charge < -0.3 is 25.3 Å². The fourth-order valence-corrected chi connectivity index (χ4v) is 2.39. The normalized spacial score (nSPS) is 10.5. The second-order valence-electron chi connectivity index (χ2n) is 5.20. The van der Waals surface area contributed by atoms with E-state index < -0.39 is 0 Å². The van der Waals surface area contributed by atoms with E-state index in [0.717, 1.165) is 23.2 Å². The van der Waals surface area contributed by atoms with Crippen molar-refractivity contribution in [3.8, 4) is 22.6 Å². The zero-order valence-corrected chi connectivity index (χ0v) is 14.5. The minimum absolute atomic E-state index is 0.419. The van der Waals surface area contributed by atoms with Crippen molar-refractivity contribution in [3.05, 3.63) is 23.9 Å². The van der Waals surface area contributed by atoms with Crippen LogP contribution in [0, 0.1) is 6.92 Å².